The molecule has 0 amide bonds. The second kappa shape index (κ2) is 7.25. The molecule has 0 radical (unpaired) electrons. The van der Waals surface area contributed by atoms with Crippen LogP contribution in [0.3, 0.4) is 0 Å². The van der Waals surface area contributed by atoms with Crippen molar-refractivity contribution in [1.82, 2.24) is 9.88 Å². The van der Waals surface area contributed by atoms with Crippen LogP contribution in [0.1, 0.15) is 23.5 Å². The molecule has 102 valence electrons. The number of thiazole rings is 1. The van der Waals surface area contributed by atoms with E-state index in [2.05, 4.69) is 9.98 Å². The van der Waals surface area contributed by atoms with Gasteiger partial charge in [-0.15, -0.1) is 35.3 Å². The highest BCUT2D eigenvalue weighted by Gasteiger charge is 2.27. The van der Waals surface area contributed by atoms with Crippen LogP contribution < -0.4 is 5.73 Å². The highest BCUT2D eigenvalue weighted by molar-refractivity contribution is 14.0. The SMILES string of the molecule is COCc1nc(CN=C(N)N(C)C2CC2)cs1.I. The van der Waals surface area contributed by atoms with Crippen LogP contribution in [0.4, 0.5) is 0 Å². The molecule has 1 aromatic heterocycles. The van der Waals surface area contributed by atoms with Crippen molar-refractivity contribution in [1.29, 1.82) is 0 Å². The zero-order valence-electron chi connectivity index (χ0n) is 10.6. The van der Waals surface area contributed by atoms with Gasteiger partial charge in [-0.1, -0.05) is 0 Å². The molecule has 1 saturated carbocycles. The van der Waals surface area contributed by atoms with E-state index in [0.717, 1.165) is 10.7 Å². The summed E-state index contributed by atoms with van der Waals surface area (Å²) in [7, 11) is 3.66. The minimum atomic E-state index is 0. The molecule has 2 rings (SSSR count). The smallest absolute Gasteiger partial charge is 0.191 e. The van der Waals surface area contributed by atoms with Gasteiger partial charge in [0.05, 0.1) is 18.8 Å². The first-order valence-electron chi connectivity index (χ1n) is 5.65. The van der Waals surface area contributed by atoms with Crippen LogP contribution in [0.2, 0.25) is 0 Å². The highest BCUT2D eigenvalue weighted by Crippen LogP contribution is 2.24. The summed E-state index contributed by atoms with van der Waals surface area (Å²) in [5.74, 6) is 0.605. The molecule has 1 aliphatic rings. The second-order valence-corrected chi connectivity index (χ2v) is 5.12. The zero-order chi connectivity index (χ0) is 12.3. The number of hydrogen-bond acceptors (Lipinski definition) is 4. The van der Waals surface area contributed by atoms with Crippen LogP contribution in [-0.2, 0) is 17.9 Å². The number of aliphatic imine (C=N–C) groups is 1. The Hall–Kier alpha value is -0.410. The lowest BCUT2D eigenvalue weighted by molar-refractivity contribution is 0.184. The third kappa shape index (κ3) is 4.36. The minimum Gasteiger partial charge on any atom is -0.378 e. The monoisotopic (exact) mass is 382 g/mol. The first kappa shape index (κ1) is 15.6. The van der Waals surface area contributed by atoms with E-state index in [1.165, 1.54) is 12.8 Å². The van der Waals surface area contributed by atoms with Crippen molar-refractivity contribution < 1.29 is 4.74 Å². The largest absolute Gasteiger partial charge is 0.378 e. The van der Waals surface area contributed by atoms with Gasteiger partial charge in [-0.25, -0.2) is 9.98 Å². The van der Waals surface area contributed by atoms with Crippen molar-refractivity contribution in [2.24, 2.45) is 10.7 Å². The lowest BCUT2D eigenvalue weighted by Gasteiger charge is -2.16. The van der Waals surface area contributed by atoms with Gasteiger partial charge in [0, 0.05) is 25.6 Å². The van der Waals surface area contributed by atoms with Crippen molar-refractivity contribution in [3.8, 4) is 0 Å². The number of ether oxygens (including phenoxy) is 1. The van der Waals surface area contributed by atoms with Crippen molar-refractivity contribution in [2.45, 2.75) is 32.0 Å². The Morgan fingerprint density at radius 2 is 2.39 bits per heavy atom. The van der Waals surface area contributed by atoms with Gasteiger partial charge in [0.15, 0.2) is 5.96 Å². The van der Waals surface area contributed by atoms with Crippen LogP contribution in [0, 0.1) is 0 Å². The van der Waals surface area contributed by atoms with Gasteiger partial charge < -0.3 is 15.4 Å². The summed E-state index contributed by atoms with van der Waals surface area (Å²) < 4.78 is 5.02. The summed E-state index contributed by atoms with van der Waals surface area (Å²) >= 11 is 1.59. The van der Waals surface area contributed by atoms with Crippen LogP contribution in [0.25, 0.3) is 0 Å². The summed E-state index contributed by atoms with van der Waals surface area (Å²) in [5.41, 5.74) is 6.85. The Morgan fingerprint density at radius 3 is 3.00 bits per heavy atom. The molecule has 0 aliphatic heterocycles. The topological polar surface area (TPSA) is 63.7 Å². The fourth-order valence-corrected chi connectivity index (χ4v) is 2.29. The average Bonchev–Trinajstić information content (AvgIpc) is 3.08. The molecule has 1 fully saturated rings. The third-order valence-electron chi connectivity index (χ3n) is 2.73. The number of rotatable bonds is 5. The molecule has 5 nitrogen and oxygen atoms in total. The van der Waals surface area contributed by atoms with E-state index in [0.29, 0.717) is 25.2 Å². The van der Waals surface area contributed by atoms with Crippen molar-refractivity contribution in [3.63, 3.8) is 0 Å². The molecule has 0 atom stereocenters. The van der Waals surface area contributed by atoms with Gasteiger partial charge >= 0.3 is 0 Å². The fourth-order valence-electron chi connectivity index (χ4n) is 1.53. The minimum absolute atomic E-state index is 0. The van der Waals surface area contributed by atoms with E-state index >= 15 is 0 Å². The van der Waals surface area contributed by atoms with E-state index < -0.39 is 0 Å². The molecule has 2 N–H and O–H groups in total. The maximum atomic E-state index is 5.90. The van der Waals surface area contributed by atoms with Crippen molar-refractivity contribution in [2.75, 3.05) is 14.2 Å². The maximum Gasteiger partial charge on any atom is 0.191 e. The van der Waals surface area contributed by atoms with Gasteiger partial charge in [-0.3, -0.25) is 0 Å². The Kier molecular flexibility index (Phi) is 6.30. The molecule has 0 bridgehead atoms. The molecule has 1 aromatic rings. The number of hydrogen-bond donors (Lipinski definition) is 1. The molecular formula is C11H19IN4OS. The van der Waals surface area contributed by atoms with Crippen molar-refractivity contribution >= 4 is 41.3 Å². The molecular weight excluding hydrogens is 363 g/mol. The molecule has 0 spiro atoms. The van der Waals surface area contributed by atoms with Gasteiger partial charge in [0.25, 0.3) is 0 Å². The lowest BCUT2D eigenvalue weighted by Crippen LogP contribution is -2.35. The molecule has 0 saturated heterocycles. The van der Waals surface area contributed by atoms with E-state index in [4.69, 9.17) is 10.5 Å². The molecule has 18 heavy (non-hydrogen) atoms. The third-order valence-corrected chi connectivity index (χ3v) is 3.60. The number of nitrogens with zero attached hydrogens (tertiary/aromatic N) is 3. The van der Waals surface area contributed by atoms with Gasteiger partial charge in [-0.2, -0.15) is 0 Å². The normalized spacial score (nSPS) is 15.3. The number of halogens is 1. The summed E-state index contributed by atoms with van der Waals surface area (Å²) in [6, 6.07) is 0.596. The van der Waals surface area contributed by atoms with Crippen LogP contribution in [0.5, 0.6) is 0 Å². The molecule has 1 aliphatic carbocycles. The summed E-state index contributed by atoms with van der Waals surface area (Å²) in [6.07, 6.45) is 2.45. The second-order valence-electron chi connectivity index (χ2n) is 4.18. The van der Waals surface area contributed by atoms with E-state index in [-0.39, 0.29) is 24.0 Å². The predicted octanol–water partition coefficient (Wildman–Crippen LogP) is 1.82. The Labute approximate surface area is 128 Å². The molecule has 7 heteroatoms. The molecule has 1 heterocycles. The Balaban J connectivity index is 0.00000162. The first-order chi connectivity index (χ1) is 8.20. The van der Waals surface area contributed by atoms with E-state index in [1.807, 2.05) is 17.3 Å². The summed E-state index contributed by atoms with van der Waals surface area (Å²) in [6.45, 7) is 1.11. The highest BCUT2D eigenvalue weighted by atomic mass is 127. The zero-order valence-corrected chi connectivity index (χ0v) is 13.8. The number of aromatic nitrogens is 1. The average molecular weight is 382 g/mol. The summed E-state index contributed by atoms with van der Waals surface area (Å²) in [5, 5.41) is 2.98. The quantitative estimate of drug-likeness (QED) is 0.480. The van der Waals surface area contributed by atoms with E-state index in [1.54, 1.807) is 18.4 Å². The van der Waals surface area contributed by atoms with Gasteiger partial charge in [-0.05, 0) is 12.8 Å². The number of guanidine groups is 1. The predicted molar refractivity (Wildman–Crippen MR) is 84.4 cm³/mol. The van der Waals surface area contributed by atoms with Crippen LogP contribution in [-0.4, -0.2) is 36.0 Å². The van der Waals surface area contributed by atoms with Crippen LogP contribution >= 0.6 is 35.3 Å². The molecule has 0 unspecified atom stereocenters. The Morgan fingerprint density at radius 1 is 1.67 bits per heavy atom. The van der Waals surface area contributed by atoms with E-state index in [9.17, 15) is 0 Å². The lowest BCUT2D eigenvalue weighted by atomic mass is 10.5. The Bertz CT molecular complexity index is 406. The first-order valence-corrected chi connectivity index (χ1v) is 6.53. The molecule has 0 aromatic carbocycles. The van der Waals surface area contributed by atoms with Crippen molar-refractivity contribution in [3.05, 3.63) is 16.1 Å². The van der Waals surface area contributed by atoms with Crippen LogP contribution in [0.15, 0.2) is 10.4 Å². The number of methoxy groups -OCH3 is 1. The summed E-state index contributed by atoms with van der Waals surface area (Å²) in [4.78, 5) is 10.8. The standard InChI is InChI=1S/C11H18N4OS.HI/c1-15(9-3-4-9)11(12)13-5-8-7-17-10(14-8)6-16-2;/h7,9H,3-6H2,1-2H3,(H2,12,13);1H. The number of nitrogens with two attached hydrogens (primary N) is 1. The van der Waals surface area contributed by atoms with Gasteiger partial charge in [0.1, 0.15) is 5.01 Å². The fraction of sp³-hybridized carbons (Fsp3) is 0.636. The van der Waals surface area contributed by atoms with Gasteiger partial charge in [0.2, 0.25) is 0 Å². The maximum absolute atomic E-state index is 5.90.